The number of carbonyl (C=O) groups is 1. The van der Waals surface area contributed by atoms with Crippen molar-refractivity contribution >= 4 is 22.4 Å². The van der Waals surface area contributed by atoms with E-state index in [1.54, 1.807) is 18.4 Å². The van der Waals surface area contributed by atoms with Crippen LogP contribution in [0, 0.1) is 0 Å². The number of rotatable bonds is 6. The van der Waals surface area contributed by atoms with E-state index in [9.17, 15) is 4.79 Å². The Morgan fingerprint density at radius 2 is 2.05 bits per heavy atom. The molecule has 2 N–H and O–H groups in total. The van der Waals surface area contributed by atoms with Gasteiger partial charge in [-0.3, -0.25) is 4.79 Å². The Kier molecular flexibility index (Phi) is 5.76. The fourth-order valence-corrected chi connectivity index (χ4v) is 2.46. The van der Waals surface area contributed by atoms with Crippen LogP contribution in [0.25, 0.3) is 0 Å². The average Bonchev–Trinajstić information content (AvgIpc) is 2.70. The minimum atomic E-state index is -0.209. The maximum absolute atomic E-state index is 11.7. The molecule has 0 atom stereocenters. The van der Waals surface area contributed by atoms with E-state index in [-0.39, 0.29) is 18.0 Å². The van der Waals surface area contributed by atoms with E-state index in [4.69, 9.17) is 4.74 Å². The third-order valence-electron chi connectivity index (χ3n) is 2.31. The fraction of sp³-hybridized carbons (Fsp3) is 0.692. The Labute approximate surface area is 124 Å². The van der Waals surface area contributed by atoms with Crippen molar-refractivity contribution in [2.24, 2.45) is 0 Å². The number of nitrogens with one attached hydrogen (secondary N) is 2. The van der Waals surface area contributed by atoms with Crippen LogP contribution in [0.4, 0.5) is 5.13 Å². The number of hydrogen-bond acceptors (Lipinski definition) is 6. The monoisotopic (exact) mass is 300 g/mol. The summed E-state index contributed by atoms with van der Waals surface area (Å²) in [4.78, 5) is 19.0. The second-order valence-electron chi connectivity index (χ2n) is 5.73. The highest BCUT2D eigenvalue weighted by molar-refractivity contribution is 7.15. The molecule has 0 saturated heterocycles. The zero-order valence-electron chi connectivity index (χ0n) is 13.0. The number of aromatic nitrogens is 1. The van der Waals surface area contributed by atoms with E-state index in [1.165, 1.54) is 0 Å². The van der Waals surface area contributed by atoms with Crippen molar-refractivity contribution in [2.45, 2.75) is 32.9 Å². The number of hydrogen-bond donors (Lipinski definition) is 2. The average molecular weight is 300 g/mol. The molecule has 114 valence electrons. The van der Waals surface area contributed by atoms with E-state index in [0.717, 1.165) is 10.0 Å². The summed E-state index contributed by atoms with van der Waals surface area (Å²) in [6.07, 6.45) is 0. The van der Waals surface area contributed by atoms with Gasteiger partial charge in [-0.25, -0.2) is 0 Å². The molecule has 1 heterocycles. The summed E-state index contributed by atoms with van der Waals surface area (Å²) in [7, 11) is 5.48. The van der Waals surface area contributed by atoms with Crippen molar-refractivity contribution in [2.75, 3.05) is 32.6 Å². The van der Waals surface area contributed by atoms with Crippen molar-refractivity contribution in [3.05, 3.63) is 4.88 Å². The molecule has 0 aliphatic carbocycles. The number of carbonyl (C=O) groups excluding carboxylic acids is 1. The maximum Gasteiger partial charge on any atom is 0.234 e. The van der Waals surface area contributed by atoms with Crippen molar-refractivity contribution < 1.29 is 9.53 Å². The van der Waals surface area contributed by atoms with Crippen LogP contribution in [0.15, 0.2) is 0 Å². The SMILES string of the molecule is COc1nc(N(C)C)sc1CNCC(=O)NC(C)(C)C. The Morgan fingerprint density at radius 3 is 2.55 bits per heavy atom. The molecule has 0 spiro atoms. The predicted octanol–water partition coefficient (Wildman–Crippen LogP) is 1.22. The van der Waals surface area contributed by atoms with Gasteiger partial charge in [-0.05, 0) is 20.8 Å². The molecule has 0 saturated carbocycles. The summed E-state index contributed by atoms with van der Waals surface area (Å²) in [5.74, 6) is 0.594. The lowest BCUT2D eigenvalue weighted by atomic mass is 10.1. The zero-order valence-corrected chi connectivity index (χ0v) is 13.8. The number of anilines is 1. The lowest BCUT2D eigenvalue weighted by Gasteiger charge is -2.20. The van der Waals surface area contributed by atoms with Crippen LogP contribution >= 0.6 is 11.3 Å². The minimum Gasteiger partial charge on any atom is -0.480 e. The first kappa shape index (κ1) is 16.7. The van der Waals surface area contributed by atoms with Gasteiger partial charge in [0, 0.05) is 26.2 Å². The summed E-state index contributed by atoms with van der Waals surface area (Å²) in [6, 6.07) is 0. The van der Waals surface area contributed by atoms with Gasteiger partial charge in [-0.2, -0.15) is 4.98 Å². The first-order valence-electron chi connectivity index (χ1n) is 6.45. The van der Waals surface area contributed by atoms with Crippen molar-refractivity contribution in [1.82, 2.24) is 15.6 Å². The molecule has 0 aliphatic rings. The van der Waals surface area contributed by atoms with Crippen LogP contribution in [0.1, 0.15) is 25.6 Å². The van der Waals surface area contributed by atoms with Crippen LogP contribution in [0.5, 0.6) is 5.88 Å². The summed E-state index contributed by atoms with van der Waals surface area (Å²) in [5, 5.41) is 6.90. The molecule has 1 amide bonds. The van der Waals surface area contributed by atoms with Crippen molar-refractivity contribution in [3.8, 4) is 5.88 Å². The lowest BCUT2D eigenvalue weighted by Crippen LogP contribution is -2.44. The molecular formula is C13H24N4O2S. The molecule has 0 unspecified atom stereocenters. The van der Waals surface area contributed by atoms with Crippen LogP contribution in [-0.2, 0) is 11.3 Å². The molecular weight excluding hydrogens is 276 g/mol. The largest absolute Gasteiger partial charge is 0.480 e. The van der Waals surface area contributed by atoms with Gasteiger partial charge in [0.15, 0.2) is 5.13 Å². The number of thiazole rings is 1. The molecule has 0 radical (unpaired) electrons. The number of nitrogens with zero attached hydrogens (tertiary/aromatic N) is 2. The van der Waals surface area contributed by atoms with Crippen molar-refractivity contribution in [3.63, 3.8) is 0 Å². The molecule has 1 aromatic heterocycles. The highest BCUT2D eigenvalue weighted by Crippen LogP contribution is 2.29. The first-order valence-corrected chi connectivity index (χ1v) is 7.27. The molecule has 0 aliphatic heterocycles. The third-order valence-corrected chi connectivity index (χ3v) is 3.52. The topological polar surface area (TPSA) is 66.5 Å². The Hall–Kier alpha value is -1.34. The van der Waals surface area contributed by atoms with E-state index >= 15 is 0 Å². The van der Waals surface area contributed by atoms with Crippen molar-refractivity contribution in [1.29, 1.82) is 0 Å². The van der Waals surface area contributed by atoms with E-state index in [0.29, 0.717) is 12.4 Å². The molecule has 7 heteroatoms. The third kappa shape index (κ3) is 5.34. The summed E-state index contributed by atoms with van der Waals surface area (Å²) in [5.41, 5.74) is -0.209. The Morgan fingerprint density at radius 1 is 1.40 bits per heavy atom. The number of methoxy groups -OCH3 is 1. The second kappa shape index (κ2) is 6.90. The van der Waals surface area contributed by atoms with Crippen LogP contribution in [0.3, 0.4) is 0 Å². The van der Waals surface area contributed by atoms with Crippen LogP contribution in [-0.4, -0.2) is 44.2 Å². The van der Waals surface area contributed by atoms with E-state index in [1.807, 2.05) is 39.8 Å². The van der Waals surface area contributed by atoms with Gasteiger partial charge in [0.05, 0.1) is 18.5 Å². The number of amides is 1. The van der Waals surface area contributed by atoms with Gasteiger partial charge < -0.3 is 20.3 Å². The second-order valence-corrected chi connectivity index (χ2v) is 6.79. The smallest absolute Gasteiger partial charge is 0.234 e. The molecule has 0 fully saturated rings. The molecule has 0 bridgehead atoms. The zero-order chi connectivity index (χ0) is 15.3. The number of ether oxygens (including phenoxy) is 1. The molecule has 20 heavy (non-hydrogen) atoms. The Balaban J connectivity index is 2.51. The van der Waals surface area contributed by atoms with E-state index in [2.05, 4.69) is 15.6 Å². The summed E-state index contributed by atoms with van der Waals surface area (Å²) >= 11 is 1.55. The van der Waals surface area contributed by atoms with Gasteiger partial charge in [-0.1, -0.05) is 11.3 Å². The Bertz CT molecular complexity index is 452. The fourth-order valence-electron chi connectivity index (χ4n) is 1.54. The lowest BCUT2D eigenvalue weighted by molar-refractivity contribution is -0.121. The highest BCUT2D eigenvalue weighted by Gasteiger charge is 2.15. The normalized spacial score (nSPS) is 11.3. The van der Waals surface area contributed by atoms with E-state index < -0.39 is 0 Å². The van der Waals surface area contributed by atoms with Gasteiger partial charge in [0.2, 0.25) is 11.8 Å². The van der Waals surface area contributed by atoms with Crippen LogP contribution < -0.4 is 20.3 Å². The maximum atomic E-state index is 11.7. The first-order chi connectivity index (χ1) is 9.23. The summed E-state index contributed by atoms with van der Waals surface area (Å²) in [6.45, 7) is 6.71. The standard InChI is InChI=1S/C13H24N4O2S/c1-13(2,3)16-10(18)8-14-7-9-11(19-6)15-12(20-9)17(4)5/h14H,7-8H2,1-6H3,(H,16,18). The van der Waals surface area contributed by atoms with Crippen LogP contribution in [0.2, 0.25) is 0 Å². The molecule has 1 aromatic rings. The molecule has 1 rings (SSSR count). The van der Waals surface area contributed by atoms with Gasteiger partial charge >= 0.3 is 0 Å². The minimum absolute atomic E-state index is 0.0196. The van der Waals surface area contributed by atoms with Gasteiger partial charge in [0.25, 0.3) is 0 Å². The quantitative estimate of drug-likeness (QED) is 0.827. The summed E-state index contributed by atoms with van der Waals surface area (Å²) < 4.78 is 5.25. The molecule has 6 nitrogen and oxygen atoms in total. The highest BCUT2D eigenvalue weighted by atomic mass is 32.1. The molecule has 0 aromatic carbocycles. The van der Waals surface area contributed by atoms with Gasteiger partial charge in [-0.15, -0.1) is 0 Å². The van der Waals surface area contributed by atoms with Gasteiger partial charge in [0.1, 0.15) is 0 Å². The predicted molar refractivity (Wildman–Crippen MR) is 82.6 cm³/mol.